The SMILES string of the molecule is COC(=O)CNC(=O)N1CCc2[nH]cnc2[C@@H]1c1cc(F)ccc1F. The molecule has 1 aliphatic rings. The minimum Gasteiger partial charge on any atom is -0.468 e. The van der Waals surface area contributed by atoms with E-state index >= 15 is 0 Å². The summed E-state index contributed by atoms with van der Waals surface area (Å²) in [7, 11) is 1.20. The van der Waals surface area contributed by atoms with Crippen LogP contribution in [0.1, 0.15) is 23.0 Å². The summed E-state index contributed by atoms with van der Waals surface area (Å²) in [5, 5.41) is 2.42. The third kappa shape index (κ3) is 3.30. The van der Waals surface area contributed by atoms with Gasteiger partial charge in [0.15, 0.2) is 0 Å². The topological polar surface area (TPSA) is 87.3 Å². The van der Waals surface area contributed by atoms with Crippen molar-refractivity contribution in [2.24, 2.45) is 0 Å². The molecule has 9 heteroatoms. The van der Waals surface area contributed by atoms with Gasteiger partial charge < -0.3 is 19.9 Å². The second-order valence-electron chi connectivity index (χ2n) is 5.51. The fourth-order valence-corrected chi connectivity index (χ4v) is 2.86. The number of aromatic nitrogens is 2. The van der Waals surface area contributed by atoms with E-state index in [-0.39, 0.29) is 18.7 Å². The summed E-state index contributed by atoms with van der Waals surface area (Å²) in [5.41, 5.74) is 1.20. The zero-order chi connectivity index (χ0) is 18.0. The monoisotopic (exact) mass is 350 g/mol. The molecule has 2 amide bonds. The average molecular weight is 350 g/mol. The Bertz CT molecular complexity index is 808. The predicted molar refractivity (Wildman–Crippen MR) is 82.6 cm³/mol. The maximum absolute atomic E-state index is 14.3. The molecule has 0 unspecified atom stereocenters. The minimum atomic E-state index is -0.900. The van der Waals surface area contributed by atoms with Gasteiger partial charge in [-0.1, -0.05) is 0 Å². The maximum atomic E-state index is 14.3. The normalized spacial score (nSPS) is 16.3. The fourth-order valence-electron chi connectivity index (χ4n) is 2.86. The number of hydrogen-bond donors (Lipinski definition) is 2. The highest BCUT2D eigenvalue weighted by atomic mass is 19.1. The standard InChI is InChI=1S/C16H16F2N4O3/c1-25-13(23)7-19-16(24)22-5-4-12-14(21-8-20-12)15(22)10-6-9(17)2-3-11(10)18/h2-3,6,8,15H,4-5,7H2,1H3,(H,19,24)(H,20,21)/t15-/m0/s1. The van der Waals surface area contributed by atoms with Crippen LogP contribution in [-0.2, 0) is 16.0 Å². The zero-order valence-corrected chi connectivity index (χ0v) is 13.4. The van der Waals surface area contributed by atoms with Gasteiger partial charge in [0.2, 0.25) is 0 Å². The molecule has 0 saturated carbocycles. The van der Waals surface area contributed by atoms with Crippen LogP contribution in [-0.4, -0.2) is 47.1 Å². The Morgan fingerprint density at radius 1 is 1.44 bits per heavy atom. The number of esters is 1. The van der Waals surface area contributed by atoms with Gasteiger partial charge >= 0.3 is 12.0 Å². The van der Waals surface area contributed by atoms with Gasteiger partial charge in [0.1, 0.15) is 24.2 Å². The first kappa shape index (κ1) is 16.9. The molecule has 1 aliphatic heterocycles. The van der Waals surface area contributed by atoms with Crippen molar-refractivity contribution in [2.75, 3.05) is 20.2 Å². The third-order valence-corrected chi connectivity index (χ3v) is 4.05. The first-order valence-corrected chi connectivity index (χ1v) is 7.59. The average Bonchev–Trinajstić information content (AvgIpc) is 3.09. The molecule has 25 heavy (non-hydrogen) atoms. The van der Waals surface area contributed by atoms with Crippen LogP contribution in [0.15, 0.2) is 24.5 Å². The lowest BCUT2D eigenvalue weighted by atomic mass is 9.95. The van der Waals surface area contributed by atoms with Crippen molar-refractivity contribution in [3.63, 3.8) is 0 Å². The summed E-state index contributed by atoms with van der Waals surface area (Å²) in [6.07, 6.45) is 1.93. The summed E-state index contributed by atoms with van der Waals surface area (Å²) >= 11 is 0. The molecule has 3 rings (SSSR count). The molecule has 0 bridgehead atoms. The smallest absolute Gasteiger partial charge is 0.325 e. The molecule has 0 spiro atoms. The van der Waals surface area contributed by atoms with Crippen molar-refractivity contribution in [1.82, 2.24) is 20.2 Å². The van der Waals surface area contributed by atoms with E-state index in [0.29, 0.717) is 12.1 Å². The molecule has 0 aliphatic carbocycles. The van der Waals surface area contributed by atoms with E-state index in [4.69, 9.17) is 0 Å². The van der Waals surface area contributed by atoms with Crippen molar-refractivity contribution >= 4 is 12.0 Å². The van der Waals surface area contributed by atoms with Crippen molar-refractivity contribution in [2.45, 2.75) is 12.5 Å². The van der Waals surface area contributed by atoms with E-state index in [2.05, 4.69) is 20.0 Å². The molecule has 0 saturated heterocycles. The number of imidazole rings is 1. The van der Waals surface area contributed by atoms with Gasteiger partial charge in [-0.15, -0.1) is 0 Å². The molecule has 2 heterocycles. The van der Waals surface area contributed by atoms with Crippen LogP contribution in [0.3, 0.4) is 0 Å². The Labute approximate surface area is 142 Å². The van der Waals surface area contributed by atoms with Gasteiger partial charge in [-0.2, -0.15) is 0 Å². The summed E-state index contributed by atoms with van der Waals surface area (Å²) in [4.78, 5) is 32.2. The summed E-state index contributed by atoms with van der Waals surface area (Å²) < 4.78 is 32.5. The number of methoxy groups -OCH3 is 1. The molecular weight excluding hydrogens is 334 g/mol. The number of urea groups is 1. The van der Waals surface area contributed by atoms with Gasteiger partial charge in [0.05, 0.1) is 19.1 Å². The molecule has 1 atom stereocenters. The van der Waals surface area contributed by atoms with Gasteiger partial charge in [-0.25, -0.2) is 18.6 Å². The summed E-state index contributed by atoms with van der Waals surface area (Å²) in [6.45, 7) is -0.0690. The lowest BCUT2D eigenvalue weighted by molar-refractivity contribution is -0.139. The molecular formula is C16H16F2N4O3. The summed E-state index contributed by atoms with van der Waals surface area (Å²) in [5.74, 6) is -1.87. The van der Waals surface area contributed by atoms with Gasteiger partial charge in [-0.3, -0.25) is 4.79 Å². The number of ether oxygens (including phenoxy) is 1. The van der Waals surface area contributed by atoms with Crippen LogP contribution in [0.5, 0.6) is 0 Å². The maximum Gasteiger partial charge on any atom is 0.325 e. The lowest BCUT2D eigenvalue weighted by Gasteiger charge is -2.35. The van der Waals surface area contributed by atoms with E-state index in [1.807, 2.05) is 0 Å². The predicted octanol–water partition coefficient (Wildman–Crippen LogP) is 1.52. The number of carbonyl (C=O) groups excluding carboxylic acids is 2. The molecule has 2 N–H and O–H groups in total. The van der Waals surface area contributed by atoms with Crippen LogP contribution in [0.4, 0.5) is 13.6 Å². The number of benzene rings is 1. The van der Waals surface area contributed by atoms with E-state index in [1.54, 1.807) is 0 Å². The third-order valence-electron chi connectivity index (χ3n) is 4.05. The van der Waals surface area contributed by atoms with E-state index < -0.39 is 29.7 Å². The second-order valence-corrected chi connectivity index (χ2v) is 5.51. The van der Waals surface area contributed by atoms with Crippen molar-refractivity contribution < 1.29 is 23.1 Å². The first-order chi connectivity index (χ1) is 12.0. The Morgan fingerprint density at radius 2 is 2.24 bits per heavy atom. The number of aromatic amines is 1. The van der Waals surface area contributed by atoms with Crippen LogP contribution >= 0.6 is 0 Å². The Balaban J connectivity index is 1.96. The number of nitrogens with one attached hydrogen (secondary N) is 2. The lowest BCUT2D eigenvalue weighted by Crippen LogP contribution is -2.47. The number of H-pyrrole nitrogens is 1. The van der Waals surface area contributed by atoms with E-state index in [0.717, 1.165) is 23.9 Å². The van der Waals surface area contributed by atoms with Crippen molar-refractivity contribution in [3.8, 4) is 0 Å². The molecule has 1 aromatic heterocycles. The molecule has 7 nitrogen and oxygen atoms in total. The number of nitrogens with zero attached hydrogens (tertiary/aromatic N) is 2. The van der Waals surface area contributed by atoms with Crippen LogP contribution in [0.2, 0.25) is 0 Å². The minimum absolute atomic E-state index is 0.00117. The first-order valence-electron chi connectivity index (χ1n) is 7.59. The van der Waals surface area contributed by atoms with Crippen LogP contribution in [0, 0.1) is 11.6 Å². The van der Waals surface area contributed by atoms with Gasteiger partial charge in [-0.05, 0) is 18.2 Å². The second kappa shape index (κ2) is 6.88. The Kier molecular flexibility index (Phi) is 4.64. The van der Waals surface area contributed by atoms with E-state index in [9.17, 15) is 18.4 Å². The Morgan fingerprint density at radius 3 is 3.00 bits per heavy atom. The fraction of sp³-hybridized carbons (Fsp3) is 0.312. The van der Waals surface area contributed by atoms with Gasteiger partial charge in [0, 0.05) is 24.2 Å². The number of carbonyl (C=O) groups is 2. The van der Waals surface area contributed by atoms with Crippen molar-refractivity contribution in [1.29, 1.82) is 0 Å². The highest BCUT2D eigenvalue weighted by Gasteiger charge is 2.36. The molecule has 2 aromatic rings. The molecule has 132 valence electrons. The Hall–Kier alpha value is -2.97. The quantitative estimate of drug-likeness (QED) is 0.822. The number of fused-ring (bicyclic) bond motifs is 1. The summed E-state index contributed by atoms with van der Waals surface area (Å²) in [6, 6.07) is 1.58. The van der Waals surface area contributed by atoms with E-state index in [1.165, 1.54) is 18.3 Å². The van der Waals surface area contributed by atoms with Crippen LogP contribution in [0.25, 0.3) is 0 Å². The number of rotatable bonds is 3. The largest absolute Gasteiger partial charge is 0.468 e. The number of hydrogen-bond acceptors (Lipinski definition) is 4. The zero-order valence-electron chi connectivity index (χ0n) is 13.4. The highest BCUT2D eigenvalue weighted by Crippen LogP contribution is 2.34. The van der Waals surface area contributed by atoms with Crippen molar-refractivity contribution in [3.05, 3.63) is 53.1 Å². The number of amides is 2. The number of halogens is 2. The molecule has 0 fully saturated rings. The molecule has 1 aromatic carbocycles. The highest BCUT2D eigenvalue weighted by molar-refractivity contribution is 5.81. The van der Waals surface area contributed by atoms with Gasteiger partial charge in [0.25, 0.3) is 0 Å². The molecule has 0 radical (unpaired) electrons. The van der Waals surface area contributed by atoms with Crippen LogP contribution < -0.4 is 5.32 Å².